The van der Waals surface area contributed by atoms with Crippen LogP contribution in [0.2, 0.25) is 0 Å². The van der Waals surface area contributed by atoms with Gasteiger partial charge in [0, 0.05) is 0 Å². The van der Waals surface area contributed by atoms with Crippen LogP contribution in [0.4, 0.5) is 0 Å². The van der Waals surface area contributed by atoms with Crippen molar-refractivity contribution in [2.24, 2.45) is 17.0 Å². The van der Waals surface area contributed by atoms with Gasteiger partial charge in [-0.25, -0.2) is 0 Å². The molecule has 0 bridgehead atoms. The summed E-state index contributed by atoms with van der Waals surface area (Å²) in [5.74, 6) is 1.34. The molecule has 3 atom stereocenters. The molecule has 0 heterocycles. The molecule has 0 aromatic rings. The molecular weight excluding hydrogens is 166 g/mol. The highest BCUT2D eigenvalue weighted by Gasteiger charge is 2.35. The molecule has 74 valence electrons. The van der Waals surface area contributed by atoms with Crippen LogP contribution in [0.5, 0.6) is 0 Å². The summed E-state index contributed by atoms with van der Waals surface area (Å²) in [7, 11) is 0. The Bertz CT molecular complexity index is 215. The van der Waals surface area contributed by atoms with Gasteiger partial charge in [-0.1, -0.05) is 24.4 Å². The Balaban J connectivity index is 2.05. The maximum absolute atomic E-state index is 9.62. The van der Waals surface area contributed by atoms with Crippen molar-refractivity contribution in [1.82, 2.24) is 0 Å². The van der Waals surface area contributed by atoms with Gasteiger partial charge in [0.25, 0.3) is 0 Å². The summed E-state index contributed by atoms with van der Waals surface area (Å²) in [5, 5.41) is 21.5. The fraction of sp³-hybridized carbons (Fsp3) is 0.900. The number of hydrogen-bond donors (Lipinski definition) is 2. The molecule has 0 aromatic carbocycles. The van der Waals surface area contributed by atoms with Crippen LogP contribution in [0.15, 0.2) is 5.16 Å². The third kappa shape index (κ3) is 1.70. The number of oxime groups is 1. The molecule has 13 heavy (non-hydrogen) atoms. The van der Waals surface area contributed by atoms with E-state index in [4.69, 9.17) is 5.21 Å². The van der Waals surface area contributed by atoms with Gasteiger partial charge < -0.3 is 10.3 Å². The van der Waals surface area contributed by atoms with E-state index in [1.807, 2.05) is 0 Å². The highest BCUT2D eigenvalue weighted by atomic mass is 16.4. The molecule has 2 fully saturated rings. The topological polar surface area (TPSA) is 52.8 Å². The fourth-order valence-electron chi connectivity index (χ4n) is 2.80. The van der Waals surface area contributed by atoms with E-state index in [-0.39, 0.29) is 0 Å². The first-order valence-corrected chi connectivity index (χ1v) is 5.20. The molecule has 0 aromatic heterocycles. The molecule has 0 spiro atoms. The van der Waals surface area contributed by atoms with Gasteiger partial charge >= 0.3 is 0 Å². The van der Waals surface area contributed by atoms with E-state index in [0.717, 1.165) is 12.8 Å². The molecule has 0 radical (unpaired) electrons. The molecule has 3 nitrogen and oxygen atoms in total. The van der Waals surface area contributed by atoms with Crippen molar-refractivity contribution < 1.29 is 10.3 Å². The standard InChI is InChI=1S/C10H17NO2/c12-10-6-8-4-2-1-3-7(8)5-9(10)11-13/h7-8,10,12-13H,1-6H2/b11-9+/t7-,8-,10-/m1/s1. The van der Waals surface area contributed by atoms with Gasteiger partial charge in [-0.3, -0.25) is 0 Å². The molecule has 0 unspecified atom stereocenters. The van der Waals surface area contributed by atoms with Gasteiger partial charge in [0.1, 0.15) is 0 Å². The quantitative estimate of drug-likeness (QED) is 0.444. The van der Waals surface area contributed by atoms with Crippen molar-refractivity contribution in [2.45, 2.75) is 44.6 Å². The Labute approximate surface area is 78.4 Å². The summed E-state index contributed by atoms with van der Waals surface area (Å²) >= 11 is 0. The number of rotatable bonds is 0. The molecule has 2 rings (SSSR count). The Morgan fingerprint density at radius 3 is 2.54 bits per heavy atom. The minimum absolute atomic E-state index is 0.482. The van der Waals surface area contributed by atoms with Crippen molar-refractivity contribution in [1.29, 1.82) is 0 Å². The third-order valence-corrected chi connectivity index (χ3v) is 3.58. The lowest BCUT2D eigenvalue weighted by atomic mass is 9.69. The molecule has 2 N–H and O–H groups in total. The van der Waals surface area contributed by atoms with E-state index >= 15 is 0 Å². The fourth-order valence-corrected chi connectivity index (χ4v) is 2.80. The zero-order chi connectivity index (χ0) is 9.26. The van der Waals surface area contributed by atoms with E-state index < -0.39 is 6.10 Å². The van der Waals surface area contributed by atoms with E-state index in [2.05, 4.69) is 5.16 Å². The number of aliphatic hydroxyl groups excluding tert-OH is 1. The average Bonchev–Trinajstić information content (AvgIpc) is 2.17. The van der Waals surface area contributed by atoms with Crippen LogP contribution in [0.25, 0.3) is 0 Å². The van der Waals surface area contributed by atoms with Gasteiger partial charge in [-0.2, -0.15) is 0 Å². The van der Waals surface area contributed by atoms with Crippen molar-refractivity contribution in [3.63, 3.8) is 0 Å². The highest BCUT2D eigenvalue weighted by Crippen LogP contribution is 2.39. The minimum atomic E-state index is -0.482. The largest absolute Gasteiger partial charge is 0.411 e. The zero-order valence-electron chi connectivity index (χ0n) is 7.82. The molecule has 0 amide bonds. The number of fused-ring (bicyclic) bond motifs is 1. The molecule has 2 saturated carbocycles. The highest BCUT2D eigenvalue weighted by molar-refractivity contribution is 5.88. The van der Waals surface area contributed by atoms with Gasteiger partial charge in [-0.15, -0.1) is 0 Å². The summed E-state index contributed by atoms with van der Waals surface area (Å²) in [5.41, 5.74) is 0.600. The normalized spacial score (nSPS) is 43.2. The summed E-state index contributed by atoms with van der Waals surface area (Å²) in [6, 6.07) is 0. The van der Waals surface area contributed by atoms with Crippen molar-refractivity contribution in [3.8, 4) is 0 Å². The Kier molecular flexibility index (Phi) is 2.54. The second-order valence-electron chi connectivity index (χ2n) is 4.35. The summed E-state index contributed by atoms with van der Waals surface area (Å²) in [6.07, 6.45) is 6.24. The molecule has 0 saturated heterocycles. The maximum Gasteiger partial charge on any atom is 0.0957 e. The van der Waals surface area contributed by atoms with E-state index in [9.17, 15) is 5.11 Å². The first-order valence-electron chi connectivity index (χ1n) is 5.20. The van der Waals surface area contributed by atoms with Gasteiger partial charge in [0.05, 0.1) is 11.8 Å². The zero-order valence-corrected chi connectivity index (χ0v) is 7.82. The molecule has 2 aliphatic carbocycles. The summed E-state index contributed by atoms with van der Waals surface area (Å²) in [6.45, 7) is 0. The van der Waals surface area contributed by atoms with Gasteiger partial charge in [0.15, 0.2) is 0 Å². The lowest BCUT2D eigenvalue weighted by Crippen LogP contribution is -2.37. The SMILES string of the molecule is O/N=C1\C[C@H]2CCCC[C@@H]2C[C@H]1O. The maximum atomic E-state index is 9.62. The van der Waals surface area contributed by atoms with Crippen LogP contribution in [0, 0.1) is 11.8 Å². The Morgan fingerprint density at radius 1 is 1.15 bits per heavy atom. The molecular formula is C10H17NO2. The number of hydrogen-bond acceptors (Lipinski definition) is 3. The van der Waals surface area contributed by atoms with Crippen LogP contribution in [-0.2, 0) is 0 Å². The summed E-state index contributed by atoms with van der Waals surface area (Å²) in [4.78, 5) is 0. The van der Waals surface area contributed by atoms with Crippen molar-refractivity contribution in [2.75, 3.05) is 0 Å². The van der Waals surface area contributed by atoms with E-state index in [1.165, 1.54) is 25.7 Å². The van der Waals surface area contributed by atoms with Crippen LogP contribution in [-0.4, -0.2) is 22.1 Å². The van der Waals surface area contributed by atoms with Crippen LogP contribution in [0.3, 0.4) is 0 Å². The van der Waals surface area contributed by atoms with Gasteiger partial charge in [0.2, 0.25) is 0 Å². The van der Waals surface area contributed by atoms with Crippen LogP contribution >= 0.6 is 0 Å². The lowest BCUT2D eigenvalue weighted by Gasteiger charge is -2.37. The predicted molar refractivity (Wildman–Crippen MR) is 49.9 cm³/mol. The Morgan fingerprint density at radius 2 is 1.85 bits per heavy atom. The smallest absolute Gasteiger partial charge is 0.0957 e. The van der Waals surface area contributed by atoms with E-state index in [1.54, 1.807) is 0 Å². The lowest BCUT2D eigenvalue weighted by molar-refractivity contribution is 0.119. The number of aliphatic hydroxyl groups is 1. The van der Waals surface area contributed by atoms with E-state index in [0.29, 0.717) is 17.5 Å². The first kappa shape index (κ1) is 9.00. The summed E-state index contributed by atoms with van der Waals surface area (Å²) < 4.78 is 0. The number of nitrogens with zero attached hydrogens (tertiary/aromatic N) is 1. The van der Waals surface area contributed by atoms with Crippen molar-refractivity contribution in [3.05, 3.63) is 0 Å². The monoisotopic (exact) mass is 183 g/mol. The second kappa shape index (κ2) is 3.66. The molecule has 0 aliphatic heterocycles. The third-order valence-electron chi connectivity index (χ3n) is 3.58. The predicted octanol–water partition coefficient (Wildman–Crippen LogP) is 1.78. The molecule has 3 heteroatoms. The van der Waals surface area contributed by atoms with Crippen LogP contribution in [0.1, 0.15) is 38.5 Å². The second-order valence-corrected chi connectivity index (χ2v) is 4.35. The van der Waals surface area contributed by atoms with Crippen LogP contribution < -0.4 is 0 Å². The minimum Gasteiger partial charge on any atom is -0.411 e. The molecule has 2 aliphatic rings. The first-order chi connectivity index (χ1) is 6.31. The van der Waals surface area contributed by atoms with Gasteiger partial charge in [-0.05, 0) is 31.1 Å². The average molecular weight is 183 g/mol. The Hall–Kier alpha value is -0.570. The van der Waals surface area contributed by atoms with Crippen molar-refractivity contribution >= 4 is 5.71 Å².